The average molecular weight is 213 g/mol. The summed E-state index contributed by atoms with van der Waals surface area (Å²) in [6.07, 6.45) is -0.861. The van der Waals surface area contributed by atoms with Crippen molar-refractivity contribution in [1.29, 1.82) is 0 Å². The standard InChI is InChI=1S/C10H12FNO3/c1-14-6-9(10(12)13)15-8-4-2-7(11)3-5-8/h2-5,9H,6H2,1H3,(H2,12,13). The van der Waals surface area contributed by atoms with Crippen molar-refractivity contribution >= 4 is 5.91 Å². The fourth-order valence-corrected chi connectivity index (χ4v) is 1.00. The molecule has 1 unspecified atom stereocenters. The number of carbonyl (C=O) groups is 1. The van der Waals surface area contributed by atoms with Crippen molar-refractivity contribution in [2.75, 3.05) is 13.7 Å². The molecule has 82 valence electrons. The topological polar surface area (TPSA) is 61.6 Å². The molecule has 5 heteroatoms. The number of hydrogen-bond acceptors (Lipinski definition) is 3. The van der Waals surface area contributed by atoms with Crippen molar-refractivity contribution in [2.24, 2.45) is 5.73 Å². The number of hydrogen-bond donors (Lipinski definition) is 1. The first-order chi connectivity index (χ1) is 7.13. The maximum Gasteiger partial charge on any atom is 0.260 e. The maximum atomic E-state index is 12.6. The summed E-state index contributed by atoms with van der Waals surface area (Å²) >= 11 is 0. The molecular weight excluding hydrogens is 201 g/mol. The highest BCUT2D eigenvalue weighted by molar-refractivity contribution is 5.79. The molecule has 0 saturated heterocycles. The fourth-order valence-electron chi connectivity index (χ4n) is 1.00. The van der Waals surface area contributed by atoms with Crippen LogP contribution >= 0.6 is 0 Å². The number of benzene rings is 1. The van der Waals surface area contributed by atoms with Gasteiger partial charge in [-0.1, -0.05) is 0 Å². The summed E-state index contributed by atoms with van der Waals surface area (Å²) in [6.45, 7) is 0.0622. The first-order valence-electron chi connectivity index (χ1n) is 4.34. The summed E-state index contributed by atoms with van der Waals surface area (Å²) in [5, 5.41) is 0. The number of amides is 1. The van der Waals surface area contributed by atoms with Gasteiger partial charge in [0.15, 0.2) is 6.10 Å². The van der Waals surface area contributed by atoms with Gasteiger partial charge in [0.2, 0.25) is 0 Å². The Morgan fingerprint density at radius 1 is 1.47 bits per heavy atom. The van der Waals surface area contributed by atoms with E-state index in [0.29, 0.717) is 5.75 Å². The number of methoxy groups -OCH3 is 1. The molecule has 0 fully saturated rings. The quantitative estimate of drug-likeness (QED) is 0.783. The zero-order valence-electron chi connectivity index (χ0n) is 8.27. The van der Waals surface area contributed by atoms with Crippen LogP contribution in [0.25, 0.3) is 0 Å². The van der Waals surface area contributed by atoms with Gasteiger partial charge in [-0.2, -0.15) is 0 Å². The minimum atomic E-state index is -0.861. The summed E-state index contributed by atoms with van der Waals surface area (Å²) in [5.74, 6) is -0.622. The molecule has 0 aliphatic heterocycles. The Hall–Kier alpha value is -1.62. The third-order valence-corrected chi connectivity index (χ3v) is 1.73. The van der Waals surface area contributed by atoms with Crippen LogP contribution < -0.4 is 10.5 Å². The van der Waals surface area contributed by atoms with E-state index in [4.69, 9.17) is 15.2 Å². The number of ether oxygens (including phenoxy) is 2. The molecule has 0 aliphatic carbocycles. The van der Waals surface area contributed by atoms with Crippen molar-refractivity contribution in [2.45, 2.75) is 6.10 Å². The monoisotopic (exact) mass is 213 g/mol. The molecule has 1 aromatic carbocycles. The highest BCUT2D eigenvalue weighted by atomic mass is 19.1. The molecule has 1 amide bonds. The zero-order chi connectivity index (χ0) is 11.3. The van der Waals surface area contributed by atoms with Gasteiger partial charge in [0, 0.05) is 7.11 Å². The Kier molecular flexibility index (Phi) is 4.05. The van der Waals surface area contributed by atoms with Crippen molar-refractivity contribution in [1.82, 2.24) is 0 Å². The first-order valence-corrected chi connectivity index (χ1v) is 4.34. The Bertz CT molecular complexity index is 326. The third-order valence-electron chi connectivity index (χ3n) is 1.73. The minimum Gasteiger partial charge on any atom is -0.478 e. The molecule has 0 aromatic heterocycles. The Morgan fingerprint density at radius 3 is 2.53 bits per heavy atom. The van der Waals surface area contributed by atoms with Crippen LogP contribution in [0.4, 0.5) is 4.39 Å². The van der Waals surface area contributed by atoms with Crippen LogP contribution in [0.2, 0.25) is 0 Å². The van der Waals surface area contributed by atoms with E-state index in [0.717, 1.165) is 0 Å². The van der Waals surface area contributed by atoms with Gasteiger partial charge in [-0.05, 0) is 24.3 Å². The van der Waals surface area contributed by atoms with Crippen LogP contribution in [-0.4, -0.2) is 25.7 Å². The number of nitrogens with two attached hydrogens (primary N) is 1. The van der Waals surface area contributed by atoms with E-state index >= 15 is 0 Å². The second-order valence-corrected chi connectivity index (χ2v) is 2.92. The van der Waals surface area contributed by atoms with Crippen LogP contribution in [0, 0.1) is 5.82 Å². The van der Waals surface area contributed by atoms with Crippen molar-refractivity contribution in [3.63, 3.8) is 0 Å². The first kappa shape index (κ1) is 11.5. The van der Waals surface area contributed by atoms with Crippen LogP contribution in [0.5, 0.6) is 5.75 Å². The molecule has 1 rings (SSSR count). The fraction of sp³-hybridized carbons (Fsp3) is 0.300. The Morgan fingerprint density at radius 2 is 2.07 bits per heavy atom. The van der Waals surface area contributed by atoms with Gasteiger partial charge < -0.3 is 15.2 Å². The van der Waals surface area contributed by atoms with E-state index < -0.39 is 12.0 Å². The molecule has 0 bridgehead atoms. The van der Waals surface area contributed by atoms with Gasteiger partial charge in [0.25, 0.3) is 5.91 Å². The van der Waals surface area contributed by atoms with Crippen molar-refractivity contribution < 1.29 is 18.7 Å². The van der Waals surface area contributed by atoms with Gasteiger partial charge in [0.1, 0.15) is 11.6 Å². The predicted molar refractivity (Wildman–Crippen MR) is 51.9 cm³/mol. The summed E-state index contributed by atoms with van der Waals surface area (Å²) in [5.41, 5.74) is 5.08. The molecule has 15 heavy (non-hydrogen) atoms. The minimum absolute atomic E-state index is 0.0622. The van der Waals surface area contributed by atoms with Crippen molar-refractivity contribution in [3.8, 4) is 5.75 Å². The highest BCUT2D eigenvalue weighted by Crippen LogP contribution is 2.13. The van der Waals surface area contributed by atoms with Crippen LogP contribution in [0.3, 0.4) is 0 Å². The zero-order valence-corrected chi connectivity index (χ0v) is 8.27. The SMILES string of the molecule is COCC(Oc1ccc(F)cc1)C(N)=O. The van der Waals surface area contributed by atoms with E-state index in [1.54, 1.807) is 0 Å². The van der Waals surface area contributed by atoms with E-state index in [1.165, 1.54) is 31.4 Å². The molecule has 0 saturated carbocycles. The predicted octanol–water partition coefficient (Wildman–Crippen LogP) is 0.705. The lowest BCUT2D eigenvalue weighted by atomic mass is 10.3. The number of carbonyl (C=O) groups excluding carboxylic acids is 1. The average Bonchev–Trinajstić information content (AvgIpc) is 2.20. The smallest absolute Gasteiger partial charge is 0.260 e. The van der Waals surface area contributed by atoms with Gasteiger partial charge in [0.05, 0.1) is 6.61 Å². The van der Waals surface area contributed by atoms with Crippen molar-refractivity contribution in [3.05, 3.63) is 30.1 Å². The molecule has 0 spiro atoms. The number of primary amides is 1. The van der Waals surface area contributed by atoms with Gasteiger partial charge in [-0.25, -0.2) is 4.39 Å². The lowest BCUT2D eigenvalue weighted by molar-refractivity contribution is -0.126. The molecule has 2 N–H and O–H groups in total. The van der Waals surface area contributed by atoms with Gasteiger partial charge >= 0.3 is 0 Å². The van der Waals surface area contributed by atoms with E-state index in [1.807, 2.05) is 0 Å². The van der Waals surface area contributed by atoms with Crippen LogP contribution in [-0.2, 0) is 9.53 Å². The largest absolute Gasteiger partial charge is 0.478 e. The maximum absolute atomic E-state index is 12.6. The molecule has 0 heterocycles. The van der Waals surface area contributed by atoms with Gasteiger partial charge in [-0.15, -0.1) is 0 Å². The highest BCUT2D eigenvalue weighted by Gasteiger charge is 2.16. The molecule has 0 aliphatic rings. The third kappa shape index (κ3) is 3.55. The molecule has 1 aromatic rings. The summed E-state index contributed by atoms with van der Waals surface area (Å²) in [7, 11) is 1.43. The summed E-state index contributed by atoms with van der Waals surface area (Å²) in [4.78, 5) is 10.9. The van der Waals surface area contributed by atoms with Crippen LogP contribution in [0.15, 0.2) is 24.3 Å². The number of rotatable bonds is 5. The normalized spacial score (nSPS) is 12.1. The summed E-state index contributed by atoms with van der Waals surface area (Å²) < 4.78 is 22.5. The van der Waals surface area contributed by atoms with E-state index in [9.17, 15) is 9.18 Å². The van der Waals surface area contributed by atoms with E-state index in [-0.39, 0.29) is 12.4 Å². The molecule has 0 radical (unpaired) electrons. The van der Waals surface area contributed by atoms with Crippen LogP contribution in [0.1, 0.15) is 0 Å². The molecule has 4 nitrogen and oxygen atoms in total. The number of halogens is 1. The lowest BCUT2D eigenvalue weighted by Crippen LogP contribution is -2.37. The summed E-state index contributed by atoms with van der Waals surface area (Å²) in [6, 6.07) is 5.31. The lowest BCUT2D eigenvalue weighted by Gasteiger charge is -2.14. The second kappa shape index (κ2) is 5.31. The van der Waals surface area contributed by atoms with E-state index in [2.05, 4.69) is 0 Å². The Labute approximate surface area is 86.8 Å². The molecular formula is C10H12FNO3. The molecule has 1 atom stereocenters. The Balaban J connectivity index is 2.65. The van der Waals surface area contributed by atoms with Gasteiger partial charge in [-0.3, -0.25) is 4.79 Å². The second-order valence-electron chi connectivity index (χ2n) is 2.92.